The van der Waals surface area contributed by atoms with Gasteiger partial charge in [0.25, 0.3) is 41.1 Å². The van der Waals surface area contributed by atoms with Crippen molar-refractivity contribution in [3.8, 4) is 0 Å². The Balaban J connectivity index is 0.000000156. The number of likely N-dealkylation sites (N-methyl/N-ethyl adjacent to an activating group) is 2. The average Bonchev–Trinajstić information content (AvgIpc) is 1.49. The molecule has 0 unspecified atom stereocenters. The molecule has 12 aromatic rings. The van der Waals surface area contributed by atoms with Gasteiger partial charge in [0.2, 0.25) is 0 Å². The van der Waals surface area contributed by atoms with Gasteiger partial charge in [-0.15, -0.1) is 0 Å². The lowest BCUT2D eigenvalue weighted by Gasteiger charge is -2.43. The van der Waals surface area contributed by atoms with Crippen LogP contribution in [0.2, 0.25) is 15.1 Å². The van der Waals surface area contributed by atoms with Crippen LogP contribution in [-0.2, 0) is 9.59 Å². The zero-order valence-corrected chi connectivity index (χ0v) is 67.8. The molecule has 23 heteroatoms. The van der Waals surface area contributed by atoms with Crippen molar-refractivity contribution in [1.82, 2.24) is 59.2 Å². The van der Waals surface area contributed by atoms with Gasteiger partial charge in [-0.25, -0.2) is 0 Å². The van der Waals surface area contributed by atoms with E-state index in [0.717, 1.165) is 24.0 Å². The number of hydrogen-bond donors (Lipinski definition) is 4. The molecule has 3 aliphatic heterocycles. The van der Waals surface area contributed by atoms with Crippen molar-refractivity contribution >= 4 is 109 Å². The highest BCUT2D eigenvalue weighted by Crippen LogP contribution is 2.38. The topological polar surface area (TPSA) is 220 Å². The van der Waals surface area contributed by atoms with Crippen molar-refractivity contribution in [1.29, 1.82) is 0 Å². The molecule has 3 fully saturated rings. The number of benzene rings is 9. The van der Waals surface area contributed by atoms with Crippen LogP contribution in [0.25, 0.3) is 32.7 Å². The molecule has 3 aliphatic rings. The molecule has 3 atom stereocenters. The Kier molecular flexibility index (Phi) is 26.8. The van der Waals surface area contributed by atoms with E-state index in [2.05, 4.69) is 170 Å². The Morgan fingerprint density at radius 1 is 0.404 bits per heavy atom. The second kappa shape index (κ2) is 37.2. The third-order valence-corrected chi connectivity index (χ3v) is 22.2. The number of nitrogen functional groups attached to an aromatic ring is 1. The fourth-order valence-corrected chi connectivity index (χ4v) is 16.4. The molecular weight excluding hydrogens is 1490 g/mol. The highest BCUT2D eigenvalue weighted by Gasteiger charge is 2.38. The SMILES string of the molecule is CNC.C[C@@H]1CN(C(c2ccccc2)c2ccccc2)CCN1C(=O)c1cc2c(C(=O)C(=O)N(C)C)c[nH]c2cc1Cl.C[C@@H]1CN(C(c2ccccc2)c2ccccc2)CCN1C(=O)c1cc2c(C(=O)C(=O)N(C)C)cn(N)c2cc1Cl.C[C@@H]1CN(C(c2ccccc2)c2ccccc2)CCN1C(=O)c1cc2cc[nH]c2cc1Cl. The van der Waals surface area contributed by atoms with E-state index in [0.29, 0.717) is 88.8 Å². The first-order chi connectivity index (χ1) is 55.0. The van der Waals surface area contributed by atoms with Crippen LogP contribution in [0.15, 0.2) is 243 Å². The number of amides is 5. The number of ketones is 2. The maximum Gasteiger partial charge on any atom is 0.294 e. The number of nitrogens with one attached hydrogen (secondary N) is 3. The molecule has 3 saturated heterocycles. The van der Waals surface area contributed by atoms with Gasteiger partial charge in [-0.05, 0) is 111 Å². The minimum absolute atomic E-state index is 0.00113. The molecule has 6 heterocycles. The molecule has 3 aromatic heterocycles. The van der Waals surface area contributed by atoms with E-state index in [1.54, 1.807) is 24.3 Å². The van der Waals surface area contributed by atoms with E-state index in [1.165, 1.54) is 88.4 Å². The number of nitrogens with two attached hydrogens (primary N) is 1. The number of fused-ring (bicyclic) bond motifs is 3. The maximum absolute atomic E-state index is 13.8. The summed E-state index contributed by atoms with van der Waals surface area (Å²) in [6.07, 6.45) is 4.76. The number of hydrogen-bond acceptors (Lipinski definition) is 12. The number of carbonyl (C=O) groups excluding carboxylic acids is 7. The predicted octanol–water partition coefficient (Wildman–Crippen LogP) is 14.8. The molecule has 0 aliphatic carbocycles. The first kappa shape index (κ1) is 82.3. The number of H-pyrrole nitrogens is 2. The van der Waals surface area contributed by atoms with Crippen LogP contribution >= 0.6 is 34.8 Å². The van der Waals surface area contributed by atoms with E-state index in [4.69, 9.17) is 40.6 Å². The number of rotatable bonds is 16. The van der Waals surface area contributed by atoms with E-state index < -0.39 is 23.4 Å². The van der Waals surface area contributed by atoms with Gasteiger partial charge in [-0.2, -0.15) is 0 Å². The number of aromatic amines is 2. The zero-order valence-electron chi connectivity index (χ0n) is 65.5. The van der Waals surface area contributed by atoms with Crippen LogP contribution < -0.4 is 11.2 Å². The molecule has 0 bridgehead atoms. The molecular formula is C91H96Cl3N13O7. The molecule has 588 valence electrons. The largest absolute Gasteiger partial charge is 0.361 e. The fourth-order valence-electron chi connectivity index (χ4n) is 15.7. The van der Waals surface area contributed by atoms with Crippen molar-refractivity contribution in [2.45, 2.75) is 57.0 Å². The van der Waals surface area contributed by atoms with Crippen molar-refractivity contribution < 1.29 is 33.6 Å². The number of carbonyl (C=O) groups is 7. The number of nitrogens with zero attached hydrogens (tertiary/aromatic N) is 9. The molecule has 0 radical (unpaired) electrons. The van der Waals surface area contributed by atoms with Gasteiger partial charge >= 0.3 is 0 Å². The normalized spacial score (nSPS) is 16.1. The van der Waals surface area contributed by atoms with E-state index >= 15 is 0 Å². The Morgan fingerprint density at radius 2 is 0.719 bits per heavy atom. The first-order valence-corrected chi connectivity index (χ1v) is 39.3. The van der Waals surface area contributed by atoms with Crippen molar-refractivity contribution in [3.63, 3.8) is 0 Å². The second-order valence-electron chi connectivity index (χ2n) is 29.5. The molecule has 5 N–H and O–H groups in total. The monoisotopic (exact) mass is 1590 g/mol. The van der Waals surface area contributed by atoms with E-state index in [-0.39, 0.29) is 75.7 Å². The summed E-state index contributed by atoms with van der Waals surface area (Å²) in [6, 6.07) is 75.1. The molecule has 5 amide bonds. The van der Waals surface area contributed by atoms with Crippen LogP contribution in [0.4, 0.5) is 0 Å². The average molecular weight is 1590 g/mol. The third-order valence-electron chi connectivity index (χ3n) is 21.3. The molecule has 20 nitrogen and oxygen atoms in total. The second-order valence-corrected chi connectivity index (χ2v) is 30.8. The van der Waals surface area contributed by atoms with Gasteiger partial charge in [-0.1, -0.05) is 217 Å². The summed E-state index contributed by atoms with van der Waals surface area (Å²) in [6.45, 7) is 12.2. The minimum atomic E-state index is -0.699. The Hall–Kier alpha value is -11.2. The quantitative estimate of drug-likeness (QED) is 0.0403. The van der Waals surface area contributed by atoms with Gasteiger partial charge in [-0.3, -0.25) is 52.9 Å². The highest BCUT2D eigenvalue weighted by molar-refractivity contribution is 6.46. The molecule has 15 rings (SSSR count). The van der Waals surface area contributed by atoms with Crippen molar-refractivity contribution in [2.75, 3.05) is 107 Å². The lowest BCUT2D eigenvalue weighted by atomic mass is 9.95. The number of halogens is 3. The maximum atomic E-state index is 13.8. The van der Waals surface area contributed by atoms with Crippen LogP contribution in [0.1, 0.15) is 124 Å². The van der Waals surface area contributed by atoms with Crippen molar-refractivity contribution in [2.24, 2.45) is 0 Å². The summed E-state index contributed by atoms with van der Waals surface area (Å²) >= 11 is 19.6. The highest BCUT2D eigenvalue weighted by atomic mass is 35.5. The number of piperazine rings is 3. The van der Waals surface area contributed by atoms with Gasteiger partial charge in [0.1, 0.15) is 0 Å². The summed E-state index contributed by atoms with van der Waals surface area (Å²) < 4.78 is 1.25. The van der Waals surface area contributed by atoms with E-state index in [1.807, 2.05) is 116 Å². The van der Waals surface area contributed by atoms with Gasteiger partial charge in [0.05, 0.1) is 66.5 Å². The number of aromatic nitrogens is 3. The predicted molar refractivity (Wildman–Crippen MR) is 455 cm³/mol. The van der Waals surface area contributed by atoms with Gasteiger partial charge in [0, 0.05) is 151 Å². The van der Waals surface area contributed by atoms with Gasteiger partial charge < -0.3 is 45.6 Å². The lowest BCUT2D eigenvalue weighted by molar-refractivity contribution is -0.124. The zero-order chi connectivity index (χ0) is 81.0. The summed E-state index contributed by atoms with van der Waals surface area (Å²) in [7, 11) is 9.83. The Labute approximate surface area is 680 Å². The summed E-state index contributed by atoms with van der Waals surface area (Å²) in [5.41, 5.74) is 10.9. The molecule has 0 saturated carbocycles. The fraction of sp³-hybridized carbons (Fsp3) is 0.264. The summed E-state index contributed by atoms with van der Waals surface area (Å²) in [5.74, 6) is 3.01. The molecule has 114 heavy (non-hydrogen) atoms. The summed E-state index contributed by atoms with van der Waals surface area (Å²) in [4.78, 5) is 113. The first-order valence-electron chi connectivity index (χ1n) is 38.2. The molecule has 0 spiro atoms. The Morgan fingerprint density at radius 3 is 1.06 bits per heavy atom. The van der Waals surface area contributed by atoms with E-state index in [9.17, 15) is 33.6 Å². The summed E-state index contributed by atoms with van der Waals surface area (Å²) in [5, 5.41) is 5.69. The van der Waals surface area contributed by atoms with Crippen molar-refractivity contribution in [3.05, 3.63) is 319 Å². The standard InChI is InChI=1S/C31H32ClN5O3.C31H31ClN4O3.C27H26ClN3O.C2H7N/c1-20-18-35(28(21-10-6-4-7-11-21)22-12-8-5-9-13-22)14-15-36(20)30(39)24-16-23-25(29(38)31(40)34(2)3)19-37(33)27(23)17-26(24)32;1-20-19-35(28(21-10-6-4-7-11-21)22-12-8-5-9-13-22)14-15-36(20)30(38)24-16-23-25(29(37)31(39)34(2)3)18-33-27(23)17-26(24)32;1-19-18-30(26(20-8-4-2-5-9-20)21-10-6-3-7-11-21)14-15-31(19)27(32)23-16-22-12-13-29-25(22)17-24(23)28;1-3-2/h4-13,16-17,19-20,28H,14-15,18,33H2,1-3H3;4-13,16-18,20,28,33H,14-15,19H2,1-3H3;2-13,16-17,19,26,29H,14-15,18H2,1H3;3H,1-2H3/t2*20-;19-;/m111./s1. The minimum Gasteiger partial charge on any atom is -0.361 e. The number of Topliss-reactive ketones (excluding diaryl/α,β-unsaturated/α-hetero) is 2. The van der Waals surface area contributed by atoms with Crippen LogP contribution in [0, 0.1) is 0 Å². The van der Waals surface area contributed by atoms with Crippen LogP contribution in [0.5, 0.6) is 0 Å². The smallest absolute Gasteiger partial charge is 0.294 e. The molecule has 9 aromatic carbocycles. The third kappa shape index (κ3) is 18.2. The van der Waals surface area contributed by atoms with Crippen LogP contribution in [-0.4, -0.2) is 214 Å². The Bertz CT molecular complexity index is 5260. The van der Waals surface area contributed by atoms with Gasteiger partial charge in [0.15, 0.2) is 0 Å². The van der Waals surface area contributed by atoms with Crippen LogP contribution in [0.3, 0.4) is 0 Å². The lowest BCUT2D eigenvalue weighted by Crippen LogP contribution is -2.54.